The van der Waals surface area contributed by atoms with E-state index >= 15 is 0 Å². The lowest BCUT2D eigenvalue weighted by molar-refractivity contribution is 0.0115. The van der Waals surface area contributed by atoms with Gasteiger partial charge in [-0.15, -0.1) is 0 Å². The molecule has 0 aliphatic carbocycles. The van der Waals surface area contributed by atoms with Crippen molar-refractivity contribution in [3.63, 3.8) is 0 Å². The fourth-order valence-corrected chi connectivity index (χ4v) is 1.66. The number of hydrogen-bond acceptors (Lipinski definition) is 4. The SMILES string of the molecule is CC(C)(C)OC(=O)N1CCCNC[C@H]1CO. The number of carbonyl (C=O) groups is 1. The summed E-state index contributed by atoms with van der Waals surface area (Å²) in [6.45, 7) is 7.61. The van der Waals surface area contributed by atoms with Crippen molar-refractivity contribution < 1.29 is 14.6 Å². The van der Waals surface area contributed by atoms with Crippen molar-refractivity contribution in [1.29, 1.82) is 0 Å². The number of nitrogens with zero attached hydrogens (tertiary/aromatic N) is 1. The third-order valence-electron chi connectivity index (χ3n) is 2.41. The molecule has 0 aromatic carbocycles. The number of aliphatic hydroxyl groups excluding tert-OH is 1. The Kier molecular flexibility index (Phi) is 4.56. The average molecular weight is 230 g/mol. The number of ether oxygens (including phenoxy) is 1. The summed E-state index contributed by atoms with van der Waals surface area (Å²) in [6.07, 6.45) is 0.547. The Balaban J connectivity index is 2.63. The van der Waals surface area contributed by atoms with E-state index in [0.717, 1.165) is 13.0 Å². The molecule has 94 valence electrons. The van der Waals surface area contributed by atoms with Crippen molar-refractivity contribution in [2.45, 2.75) is 38.8 Å². The topological polar surface area (TPSA) is 61.8 Å². The third-order valence-corrected chi connectivity index (χ3v) is 2.41. The molecular weight excluding hydrogens is 208 g/mol. The maximum Gasteiger partial charge on any atom is 0.410 e. The maximum atomic E-state index is 11.9. The summed E-state index contributed by atoms with van der Waals surface area (Å²) in [7, 11) is 0. The number of aliphatic hydroxyl groups is 1. The molecule has 1 saturated heterocycles. The molecule has 5 nitrogen and oxygen atoms in total. The second-order valence-electron chi connectivity index (χ2n) is 5.07. The molecule has 0 bridgehead atoms. The van der Waals surface area contributed by atoms with E-state index in [1.807, 2.05) is 20.8 Å². The second-order valence-corrected chi connectivity index (χ2v) is 5.07. The van der Waals surface area contributed by atoms with E-state index in [9.17, 15) is 9.90 Å². The molecule has 1 amide bonds. The number of hydrogen-bond donors (Lipinski definition) is 2. The van der Waals surface area contributed by atoms with Crippen LogP contribution in [0, 0.1) is 0 Å². The van der Waals surface area contributed by atoms with Crippen LogP contribution in [0.15, 0.2) is 0 Å². The van der Waals surface area contributed by atoms with Crippen LogP contribution in [0.5, 0.6) is 0 Å². The van der Waals surface area contributed by atoms with Gasteiger partial charge >= 0.3 is 6.09 Å². The quantitative estimate of drug-likeness (QED) is 0.691. The Morgan fingerprint density at radius 2 is 2.25 bits per heavy atom. The molecule has 0 saturated carbocycles. The summed E-state index contributed by atoms with van der Waals surface area (Å²) in [5.41, 5.74) is -0.489. The van der Waals surface area contributed by atoms with Gasteiger partial charge in [-0.3, -0.25) is 0 Å². The fourth-order valence-electron chi connectivity index (χ4n) is 1.66. The smallest absolute Gasteiger partial charge is 0.410 e. The summed E-state index contributed by atoms with van der Waals surface area (Å²) in [6, 6.07) is -0.183. The molecule has 0 spiro atoms. The number of nitrogens with one attached hydrogen (secondary N) is 1. The largest absolute Gasteiger partial charge is 0.444 e. The van der Waals surface area contributed by atoms with Crippen molar-refractivity contribution in [2.24, 2.45) is 0 Å². The fraction of sp³-hybridized carbons (Fsp3) is 0.909. The highest BCUT2D eigenvalue weighted by atomic mass is 16.6. The molecule has 16 heavy (non-hydrogen) atoms. The minimum atomic E-state index is -0.489. The normalized spacial score (nSPS) is 22.8. The van der Waals surface area contributed by atoms with Crippen LogP contribution in [-0.2, 0) is 4.74 Å². The molecule has 0 aromatic heterocycles. The van der Waals surface area contributed by atoms with Crippen LogP contribution in [0.25, 0.3) is 0 Å². The Bertz CT molecular complexity index is 238. The first-order chi connectivity index (χ1) is 7.44. The van der Waals surface area contributed by atoms with E-state index in [4.69, 9.17) is 4.74 Å². The molecular formula is C11H22N2O3. The van der Waals surface area contributed by atoms with E-state index < -0.39 is 5.60 Å². The van der Waals surface area contributed by atoms with Gasteiger partial charge in [-0.1, -0.05) is 0 Å². The average Bonchev–Trinajstić information content (AvgIpc) is 2.39. The van der Waals surface area contributed by atoms with Gasteiger partial charge in [0, 0.05) is 13.1 Å². The van der Waals surface area contributed by atoms with Gasteiger partial charge in [-0.05, 0) is 33.7 Å². The molecule has 1 heterocycles. The molecule has 1 rings (SSSR count). The van der Waals surface area contributed by atoms with Crippen molar-refractivity contribution in [3.05, 3.63) is 0 Å². The van der Waals surface area contributed by atoms with Crippen LogP contribution >= 0.6 is 0 Å². The highest BCUT2D eigenvalue weighted by Crippen LogP contribution is 2.13. The van der Waals surface area contributed by atoms with Crippen LogP contribution in [0.4, 0.5) is 4.79 Å². The van der Waals surface area contributed by atoms with Gasteiger partial charge in [0.05, 0.1) is 12.6 Å². The molecule has 1 fully saturated rings. The zero-order valence-electron chi connectivity index (χ0n) is 10.3. The van der Waals surface area contributed by atoms with Crippen LogP contribution < -0.4 is 5.32 Å². The van der Waals surface area contributed by atoms with Crippen LogP contribution in [0.1, 0.15) is 27.2 Å². The van der Waals surface area contributed by atoms with Gasteiger partial charge in [0.25, 0.3) is 0 Å². The minimum absolute atomic E-state index is 0.0355. The van der Waals surface area contributed by atoms with E-state index in [1.54, 1.807) is 4.90 Å². The Hall–Kier alpha value is -0.810. The molecule has 1 aliphatic rings. The van der Waals surface area contributed by atoms with E-state index in [-0.39, 0.29) is 18.7 Å². The third kappa shape index (κ3) is 3.98. The number of amides is 1. The van der Waals surface area contributed by atoms with Crippen molar-refractivity contribution in [2.75, 3.05) is 26.2 Å². The first-order valence-corrected chi connectivity index (χ1v) is 5.75. The molecule has 1 aliphatic heterocycles. The summed E-state index contributed by atoms with van der Waals surface area (Å²) in [5.74, 6) is 0. The van der Waals surface area contributed by atoms with Crippen molar-refractivity contribution >= 4 is 6.09 Å². The zero-order valence-corrected chi connectivity index (χ0v) is 10.3. The minimum Gasteiger partial charge on any atom is -0.444 e. The monoisotopic (exact) mass is 230 g/mol. The van der Waals surface area contributed by atoms with Gasteiger partial charge in [-0.25, -0.2) is 4.79 Å². The number of carbonyl (C=O) groups excluding carboxylic acids is 1. The van der Waals surface area contributed by atoms with Crippen LogP contribution in [0.2, 0.25) is 0 Å². The predicted octanol–water partition coefficient (Wildman–Crippen LogP) is 0.578. The van der Waals surface area contributed by atoms with E-state index in [2.05, 4.69) is 5.32 Å². The Labute approximate surface area is 96.8 Å². The zero-order chi connectivity index (χ0) is 12.2. The van der Waals surface area contributed by atoms with Crippen molar-refractivity contribution in [3.8, 4) is 0 Å². The molecule has 0 unspecified atom stereocenters. The van der Waals surface area contributed by atoms with Gasteiger partial charge in [0.2, 0.25) is 0 Å². The number of rotatable bonds is 1. The lowest BCUT2D eigenvalue weighted by atomic mass is 10.2. The molecule has 0 radical (unpaired) electrons. The molecule has 1 atom stereocenters. The summed E-state index contributed by atoms with van der Waals surface area (Å²) < 4.78 is 5.31. The first kappa shape index (κ1) is 13.3. The predicted molar refractivity (Wildman–Crippen MR) is 61.3 cm³/mol. The highest BCUT2D eigenvalue weighted by Gasteiger charge is 2.28. The van der Waals surface area contributed by atoms with Crippen molar-refractivity contribution in [1.82, 2.24) is 10.2 Å². The van der Waals surface area contributed by atoms with Gasteiger partial charge in [-0.2, -0.15) is 0 Å². The van der Waals surface area contributed by atoms with Gasteiger partial charge in [0.1, 0.15) is 5.60 Å². The first-order valence-electron chi connectivity index (χ1n) is 5.75. The standard InChI is InChI=1S/C11H22N2O3/c1-11(2,3)16-10(15)13-6-4-5-12-7-9(13)8-14/h9,12,14H,4-8H2,1-3H3/t9-/m0/s1. The highest BCUT2D eigenvalue weighted by molar-refractivity contribution is 5.68. The molecule has 5 heteroatoms. The van der Waals surface area contributed by atoms with Gasteiger partial charge < -0.3 is 20.1 Å². The van der Waals surface area contributed by atoms with E-state index in [0.29, 0.717) is 13.1 Å². The summed E-state index contributed by atoms with van der Waals surface area (Å²) in [5, 5.41) is 12.4. The summed E-state index contributed by atoms with van der Waals surface area (Å²) >= 11 is 0. The second kappa shape index (κ2) is 5.50. The van der Waals surface area contributed by atoms with Gasteiger partial charge in [0.15, 0.2) is 0 Å². The Morgan fingerprint density at radius 3 is 2.81 bits per heavy atom. The molecule has 2 N–H and O–H groups in total. The maximum absolute atomic E-state index is 11.9. The lowest BCUT2D eigenvalue weighted by Crippen LogP contribution is -2.47. The lowest BCUT2D eigenvalue weighted by Gasteiger charge is -2.31. The summed E-state index contributed by atoms with van der Waals surface area (Å²) in [4.78, 5) is 13.5. The van der Waals surface area contributed by atoms with Crippen LogP contribution in [0.3, 0.4) is 0 Å². The van der Waals surface area contributed by atoms with Crippen LogP contribution in [-0.4, -0.2) is 54.0 Å². The molecule has 0 aromatic rings. The van der Waals surface area contributed by atoms with E-state index in [1.165, 1.54) is 0 Å². The Morgan fingerprint density at radius 1 is 1.56 bits per heavy atom.